The highest BCUT2D eigenvalue weighted by atomic mass is 16.3. The summed E-state index contributed by atoms with van der Waals surface area (Å²) >= 11 is 0. The molecule has 0 radical (unpaired) electrons. The smallest absolute Gasteiger partial charge is 0.0912 e. The molecule has 0 bridgehead atoms. The van der Waals surface area contributed by atoms with Crippen molar-refractivity contribution in [2.45, 2.75) is 20.0 Å². The van der Waals surface area contributed by atoms with Crippen LogP contribution in [0.3, 0.4) is 0 Å². The number of hydrogen-bond acceptors (Lipinski definition) is 2. The van der Waals surface area contributed by atoms with E-state index in [4.69, 9.17) is 10.8 Å². The minimum Gasteiger partial charge on any atom is -0.387 e. The minimum absolute atomic E-state index is 0.214. The predicted molar refractivity (Wildman–Crippen MR) is 54.9 cm³/mol. The van der Waals surface area contributed by atoms with Crippen molar-refractivity contribution in [1.82, 2.24) is 0 Å². The largest absolute Gasteiger partial charge is 0.387 e. The van der Waals surface area contributed by atoms with Crippen molar-refractivity contribution in [3.63, 3.8) is 0 Å². The maximum absolute atomic E-state index is 9.14. The summed E-state index contributed by atoms with van der Waals surface area (Å²) in [5.41, 5.74) is 5.91. The summed E-state index contributed by atoms with van der Waals surface area (Å²) in [7, 11) is 0. The molecular formula is C10H19NO. The van der Waals surface area contributed by atoms with E-state index in [1.54, 1.807) is 18.2 Å². The van der Waals surface area contributed by atoms with Crippen LogP contribution in [0.4, 0.5) is 0 Å². The topological polar surface area (TPSA) is 46.2 Å². The van der Waals surface area contributed by atoms with Gasteiger partial charge in [-0.3, -0.25) is 0 Å². The fourth-order valence-corrected chi connectivity index (χ4v) is 0.587. The summed E-state index contributed by atoms with van der Waals surface area (Å²) < 4.78 is 0. The molecular weight excluding hydrogens is 150 g/mol. The van der Waals surface area contributed by atoms with Gasteiger partial charge in [0.1, 0.15) is 0 Å². The Morgan fingerprint density at radius 1 is 1.50 bits per heavy atom. The van der Waals surface area contributed by atoms with Gasteiger partial charge in [-0.15, -0.1) is 0 Å². The molecule has 0 saturated heterocycles. The third-order valence-corrected chi connectivity index (χ3v) is 1.15. The van der Waals surface area contributed by atoms with Gasteiger partial charge in [-0.25, -0.2) is 0 Å². The third-order valence-electron chi connectivity index (χ3n) is 1.15. The Balaban J connectivity index is 0. The number of nitrogens with two attached hydrogens (primary N) is 1. The molecule has 0 saturated carbocycles. The van der Waals surface area contributed by atoms with Gasteiger partial charge in [-0.1, -0.05) is 45.2 Å². The molecule has 0 aliphatic heterocycles. The van der Waals surface area contributed by atoms with Gasteiger partial charge in [-0.05, 0) is 5.57 Å². The first-order valence-corrected chi connectivity index (χ1v) is 4.09. The number of allylic oxidation sites excluding steroid dienone is 2. The van der Waals surface area contributed by atoms with E-state index in [0.717, 1.165) is 0 Å². The molecule has 3 N–H and O–H groups in total. The minimum atomic E-state index is -0.615. The van der Waals surface area contributed by atoms with E-state index in [9.17, 15) is 0 Å². The molecule has 2 heteroatoms. The van der Waals surface area contributed by atoms with Crippen molar-refractivity contribution >= 4 is 0 Å². The highest BCUT2D eigenvalue weighted by Gasteiger charge is 2.02. The second kappa shape index (κ2) is 10.1. The molecule has 0 fully saturated rings. The average molecular weight is 169 g/mol. The molecule has 0 spiro atoms. The molecule has 70 valence electrons. The van der Waals surface area contributed by atoms with Crippen LogP contribution in [0.25, 0.3) is 0 Å². The van der Waals surface area contributed by atoms with Crippen LogP contribution in [-0.2, 0) is 0 Å². The van der Waals surface area contributed by atoms with Crippen molar-refractivity contribution in [1.29, 1.82) is 0 Å². The van der Waals surface area contributed by atoms with E-state index in [-0.39, 0.29) is 6.54 Å². The van der Waals surface area contributed by atoms with Crippen molar-refractivity contribution in [2.75, 3.05) is 6.54 Å². The summed E-state index contributed by atoms with van der Waals surface area (Å²) in [6.07, 6.45) is 4.23. The van der Waals surface area contributed by atoms with Crippen LogP contribution in [0.5, 0.6) is 0 Å². The average Bonchev–Trinajstić information content (AvgIpc) is 2.16. The van der Waals surface area contributed by atoms with Gasteiger partial charge < -0.3 is 10.8 Å². The molecule has 0 aliphatic carbocycles. The van der Waals surface area contributed by atoms with Gasteiger partial charge in [0, 0.05) is 6.54 Å². The molecule has 1 atom stereocenters. The SMILES string of the molecule is C=C/C=C(\C=C)C(O)CN.CC. The first-order chi connectivity index (χ1) is 5.76. The maximum Gasteiger partial charge on any atom is 0.0912 e. The Morgan fingerprint density at radius 2 is 2.00 bits per heavy atom. The second-order valence-corrected chi connectivity index (χ2v) is 1.86. The molecule has 0 aromatic rings. The van der Waals surface area contributed by atoms with E-state index < -0.39 is 6.10 Å². The summed E-state index contributed by atoms with van der Waals surface area (Å²) in [5.74, 6) is 0. The summed E-state index contributed by atoms with van der Waals surface area (Å²) in [4.78, 5) is 0. The number of hydrogen-bond donors (Lipinski definition) is 2. The Kier molecular flexibility index (Phi) is 11.6. The lowest BCUT2D eigenvalue weighted by Crippen LogP contribution is -2.20. The molecule has 0 aromatic heterocycles. The Bertz CT molecular complexity index is 150. The fraction of sp³-hybridized carbons (Fsp3) is 0.400. The highest BCUT2D eigenvalue weighted by Crippen LogP contribution is 2.01. The standard InChI is InChI=1S/C8H13NO.C2H6/c1-3-5-7(4-2)8(10)6-9;1-2/h3-5,8,10H,1-2,6,9H2;1-2H3/b7-5+;. The van der Waals surface area contributed by atoms with Crippen molar-refractivity contribution in [3.05, 3.63) is 37.0 Å². The van der Waals surface area contributed by atoms with Crippen molar-refractivity contribution in [3.8, 4) is 0 Å². The van der Waals surface area contributed by atoms with E-state index >= 15 is 0 Å². The van der Waals surface area contributed by atoms with Crippen LogP contribution in [-0.4, -0.2) is 17.8 Å². The Hall–Kier alpha value is -0.860. The Morgan fingerprint density at radius 3 is 2.25 bits per heavy atom. The van der Waals surface area contributed by atoms with E-state index in [2.05, 4.69) is 13.2 Å². The maximum atomic E-state index is 9.14. The van der Waals surface area contributed by atoms with Crippen LogP contribution in [0, 0.1) is 0 Å². The Labute approximate surface area is 75.1 Å². The number of aliphatic hydroxyl groups excluding tert-OH is 1. The summed E-state index contributed by atoms with van der Waals surface area (Å²) in [5, 5.41) is 9.14. The van der Waals surface area contributed by atoms with E-state index in [1.165, 1.54) is 0 Å². The first kappa shape index (κ1) is 13.7. The summed E-state index contributed by atoms with van der Waals surface area (Å²) in [6, 6.07) is 0. The zero-order valence-corrected chi connectivity index (χ0v) is 7.96. The van der Waals surface area contributed by atoms with Gasteiger partial charge >= 0.3 is 0 Å². The fourth-order valence-electron chi connectivity index (χ4n) is 0.587. The molecule has 1 unspecified atom stereocenters. The van der Waals surface area contributed by atoms with Gasteiger partial charge in [0.05, 0.1) is 6.10 Å². The normalized spacial score (nSPS) is 12.5. The summed E-state index contributed by atoms with van der Waals surface area (Å²) in [6.45, 7) is 11.2. The number of aliphatic hydroxyl groups is 1. The van der Waals surface area contributed by atoms with Gasteiger partial charge in [0.15, 0.2) is 0 Å². The van der Waals surface area contributed by atoms with Gasteiger partial charge in [0.2, 0.25) is 0 Å². The van der Waals surface area contributed by atoms with Crippen LogP contribution in [0.15, 0.2) is 37.0 Å². The number of rotatable bonds is 4. The molecule has 0 aliphatic rings. The monoisotopic (exact) mass is 169 g/mol. The lowest BCUT2D eigenvalue weighted by atomic mass is 10.1. The molecule has 12 heavy (non-hydrogen) atoms. The lowest BCUT2D eigenvalue weighted by Gasteiger charge is -2.06. The first-order valence-electron chi connectivity index (χ1n) is 4.09. The van der Waals surface area contributed by atoms with Gasteiger partial charge in [0.25, 0.3) is 0 Å². The lowest BCUT2D eigenvalue weighted by molar-refractivity contribution is 0.223. The molecule has 0 amide bonds. The molecule has 2 nitrogen and oxygen atoms in total. The van der Waals surface area contributed by atoms with Crippen LogP contribution in [0.1, 0.15) is 13.8 Å². The van der Waals surface area contributed by atoms with Crippen LogP contribution in [0.2, 0.25) is 0 Å². The third kappa shape index (κ3) is 5.89. The van der Waals surface area contributed by atoms with Crippen LogP contribution < -0.4 is 5.73 Å². The van der Waals surface area contributed by atoms with E-state index in [1.807, 2.05) is 13.8 Å². The zero-order valence-electron chi connectivity index (χ0n) is 7.96. The van der Waals surface area contributed by atoms with Crippen LogP contribution >= 0.6 is 0 Å². The predicted octanol–water partition coefficient (Wildman–Crippen LogP) is 1.63. The molecule has 0 heterocycles. The van der Waals surface area contributed by atoms with E-state index in [0.29, 0.717) is 5.57 Å². The van der Waals surface area contributed by atoms with Crippen molar-refractivity contribution < 1.29 is 5.11 Å². The molecule has 0 rings (SSSR count). The second-order valence-electron chi connectivity index (χ2n) is 1.86. The zero-order chi connectivity index (χ0) is 9.98. The quantitative estimate of drug-likeness (QED) is 0.628. The van der Waals surface area contributed by atoms with Gasteiger partial charge in [-0.2, -0.15) is 0 Å². The molecule has 0 aromatic carbocycles. The van der Waals surface area contributed by atoms with Crippen molar-refractivity contribution in [2.24, 2.45) is 5.73 Å². The highest BCUT2D eigenvalue weighted by molar-refractivity contribution is 5.25.